The topological polar surface area (TPSA) is 75.1 Å². The van der Waals surface area contributed by atoms with Crippen molar-refractivity contribution >= 4 is 11.9 Å². The Kier molecular flexibility index (Phi) is 3.59. The highest BCUT2D eigenvalue weighted by molar-refractivity contribution is 5.68. The lowest BCUT2D eigenvalue weighted by Crippen LogP contribution is -2.26. The van der Waals surface area contributed by atoms with Crippen LogP contribution in [-0.2, 0) is 11.0 Å². The molecule has 8 heteroatoms. The lowest BCUT2D eigenvalue weighted by atomic mass is 10.1. The number of aromatic nitrogens is 2. The van der Waals surface area contributed by atoms with Gasteiger partial charge < -0.3 is 10.4 Å². The van der Waals surface area contributed by atoms with E-state index in [9.17, 15) is 18.0 Å². The third-order valence-electron chi connectivity index (χ3n) is 2.85. The molecule has 1 aromatic rings. The van der Waals surface area contributed by atoms with Crippen LogP contribution in [0.25, 0.3) is 0 Å². The number of carboxylic acid groups (broad SMARTS) is 1. The summed E-state index contributed by atoms with van der Waals surface area (Å²) in [4.78, 5) is 17.8. The second-order valence-electron chi connectivity index (χ2n) is 4.45. The Hall–Kier alpha value is -1.86. The van der Waals surface area contributed by atoms with Crippen molar-refractivity contribution in [2.75, 3.05) is 5.32 Å². The average molecular weight is 275 g/mol. The number of anilines is 1. The van der Waals surface area contributed by atoms with Gasteiger partial charge in [0.15, 0.2) is 0 Å². The van der Waals surface area contributed by atoms with Gasteiger partial charge in [-0.3, -0.25) is 4.79 Å². The monoisotopic (exact) mass is 275 g/mol. The van der Waals surface area contributed by atoms with Gasteiger partial charge in [-0.2, -0.15) is 13.2 Å². The normalized spacial score (nSPS) is 17.0. The number of nitrogens with zero attached hydrogens (tertiary/aromatic N) is 2. The van der Waals surface area contributed by atoms with Crippen LogP contribution >= 0.6 is 0 Å². The van der Waals surface area contributed by atoms with Crippen LogP contribution < -0.4 is 5.32 Å². The SMILES string of the molecule is O=C(O)CC(Nc1nccc(C(F)(F)F)n1)C1CC1. The summed E-state index contributed by atoms with van der Waals surface area (Å²) in [5.41, 5.74) is -1.05. The summed E-state index contributed by atoms with van der Waals surface area (Å²) in [7, 11) is 0. The zero-order valence-corrected chi connectivity index (χ0v) is 9.81. The second kappa shape index (κ2) is 5.02. The number of carbonyl (C=O) groups is 1. The molecular weight excluding hydrogens is 263 g/mol. The first-order valence-corrected chi connectivity index (χ1v) is 5.75. The maximum Gasteiger partial charge on any atom is 0.433 e. The van der Waals surface area contributed by atoms with Gasteiger partial charge in [0.25, 0.3) is 0 Å². The predicted molar refractivity (Wildman–Crippen MR) is 59.4 cm³/mol. The standard InChI is InChI=1S/C11H12F3N3O2/c12-11(13,14)8-3-4-15-10(17-8)16-7(5-9(18)19)6-1-2-6/h3-4,6-7H,1-2,5H2,(H,18,19)(H,15,16,17). The number of alkyl halides is 3. The zero-order chi connectivity index (χ0) is 14.0. The molecule has 0 aromatic carbocycles. The van der Waals surface area contributed by atoms with E-state index in [-0.39, 0.29) is 18.3 Å². The molecule has 0 saturated heterocycles. The minimum atomic E-state index is -4.54. The first-order chi connectivity index (χ1) is 8.86. The summed E-state index contributed by atoms with van der Waals surface area (Å²) < 4.78 is 37.4. The number of halogens is 3. The first kappa shape index (κ1) is 13.6. The Labute approximate surface area is 106 Å². The lowest BCUT2D eigenvalue weighted by molar-refractivity contribution is -0.141. The van der Waals surface area contributed by atoms with Gasteiger partial charge in [0, 0.05) is 12.2 Å². The molecule has 1 aliphatic rings. The first-order valence-electron chi connectivity index (χ1n) is 5.75. The molecule has 1 unspecified atom stereocenters. The third-order valence-corrected chi connectivity index (χ3v) is 2.85. The van der Waals surface area contributed by atoms with Gasteiger partial charge in [-0.15, -0.1) is 0 Å². The van der Waals surface area contributed by atoms with Crippen LogP contribution in [-0.4, -0.2) is 27.1 Å². The van der Waals surface area contributed by atoms with Gasteiger partial charge in [-0.05, 0) is 24.8 Å². The number of aliphatic carboxylic acids is 1. The van der Waals surface area contributed by atoms with Gasteiger partial charge >= 0.3 is 12.1 Å². The summed E-state index contributed by atoms with van der Waals surface area (Å²) in [5.74, 6) is -1.03. The van der Waals surface area contributed by atoms with Crippen molar-refractivity contribution in [2.45, 2.75) is 31.5 Å². The molecule has 0 amide bonds. The van der Waals surface area contributed by atoms with Gasteiger partial charge in [0.1, 0.15) is 5.69 Å². The third kappa shape index (κ3) is 3.80. The molecule has 1 fully saturated rings. The molecule has 0 radical (unpaired) electrons. The smallest absolute Gasteiger partial charge is 0.433 e. The second-order valence-corrected chi connectivity index (χ2v) is 4.45. The molecule has 0 bridgehead atoms. The van der Waals surface area contributed by atoms with Crippen LogP contribution in [0.15, 0.2) is 12.3 Å². The molecule has 2 rings (SSSR count). The van der Waals surface area contributed by atoms with Crippen molar-refractivity contribution in [1.82, 2.24) is 9.97 Å². The quantitative estimate of drug-likeness (QED) is 0.861. The maximum atomic E-state index is 12.5. The van der Waals surface area contributed by atoms with Crippen molar-refractivity contribution in [3.05, 3.63) is 18.0 Å². The van der Waals surface area contributed by atoms with E-state index in [4.69, 9.17) is 5.11 Å². The molecule has 19 heavy (non-hydrogen) atoms. The van der Waals surface area contributed by atoms with Crippen LogP contribution in [0, 0.1) is 5.92 Å². The number of hydrogen-bond acceptors (Lipinski definition) is 4. The molecule has 1 saturated carbocycles. The largest absolute Gasteiger partial charge is 0.481 e. The Morgan fingerprint density at radius 2 is 2.21 bits per heavy atom. The Morgan fingerprint density at radius 3 is 2.74 bits per heavy atom. The summed E-state index contributed by atoms with van der Waals surface area (Å²) in [6.07, 6.45) is -1.97. The van der Waals surface area contributed by atoms with Crippen molar-refractivity contribution in [2.24, 2.45) is 5.92 Å². The molecule has 1 aromatic heterocycles. The fraction of sp³-hybridized carbons (Fsp3) is 0.545. The molecule has 0 spiro atoms. The summed E-state index contributed by atoms with van der Waals surface area (Å²) >= 11 is 0. The van der Waals surface area contributed by atoms with E-state index in [1.807, 2.05) is 0 Å². The average Bonchev–Trinajstić information content (AvgIpc) is 3.10. The Morgan fingerprint density at radius 1 is 1.53 bits per heavy atom. The predicted octanol–water partition coefficient (Wildman–Crippen LogP) is 2.16. The number of hydrogen-bond donors (Lipinski definition) is 2. The van der Waals surface area contributed by atoms with Gasteiger partial charge in [-0.25, -0.2) is 9.97 Å². The van der Waals surface area contributed by atoms with E-state index in [1.165, 1.54) is 0 Å². The molecule has 0 aliphatic heterocycles. The van der Waals surface area contributed by atoms with Crippen LogP contribution in [0.1, 0.15) is 25.0 Å². The van der Waals surface area contributed by atoms with E-state index >= 15 is 0 Å². The lowest BCUT2D eigenvalue weighted by Gasteiger charge is -2.16. The van der Waals surface area contributed by atoms with Crippen LogP contribution in [0.2, 0.25) is 0 Å². The molecule has 1 heterocycles. The number of nitrogens with one attached hydrogen (secondary N) is 1. The fourth-order valence-corrected chi connectivity index (χ4v) is 1.77. The summed E-state index contributed by atoms with van der Waals surface area (Å²) in [5, 5.41) is 11.4. The maximum absolute atomic E-state index is 12.5. The van der Waals surface area contributed by atoms with Gasteiger partial charge in [0.05, 0.1) is 6.42 Å². The minimum absolute atomic E-state index is 0.161. The van der Waals surface area contributed by atoms with E-state index in [1.54, 1.807) is 0 Å². The van der Waals surface area contributed by atoms with Crippen LogP contribution in [0.3, 0.4) is 0 Å². The van der Waals surface area contributed by atoms with Crippen LogP contribution in [0.5, 0.6) is 0 Å². The van der Waals surface area contributed by atoms with Crippen molar-refractivity contribution in [3.8, 4) is 0 Å². The highest BCUT2D eigenvalue weighted by Gasteiger charge is 2.35. The Balaban J connectivity index is 2.10. The van der Waals surface area contributed by atoms with E-state index < -0.39 is 23.9 Å². The van der Waals surface area contributed by atoms with E-state index in [0.717, 1.165) is 25.1 Å². The van der Waals surface area contributed by atoms with E-state index in [0.29, 0.717) is 0 Å². The molecule has 104 valence electrons. The summed E-state index contributed by atoms with van der Waals surface area (Å²) in [6, 6.07) is 0.343. The molecule has 5 nitrogen and oxygen atoms in total. The highest BCUT2D eigenvalue weighted by Crippen LogP contribution is 2.35. The van der Waals surface area contributed by atoms with Crippen molar-refractivity contribution < 1.29 is 23.1 Å². The van der Waals surface area contributed by atoms with Crippen LogP contribution in [0.4, 0.5) is 19.1 Å². The highest BCUT2D eigenvalue weighted by atomic mass is 19.4. The molecular formula is C11H12F3N3O2. The van der Waals surface area contributed by atoms with E-state index in [2.05, 4.69) is 15.3 Å². The molecule has 1 aliphatic carbocycles. The van der Waals surface area contributed by atoms with Gasteiger partial charge in [0.2, 0.25) is 5.95 Å². The molecule has 2 N–H and O–H groups in total. The Bertz CT molecular complexity index is 474. The van der Waals surface area contributed by atoms with Crippen molar-refractivity contribution in [3.63, 3.8) is 0 Å². The fourth-order valence-electron chi connectivity index (χ4n) is 1.77. The number of rotatable bonds is 5. The zero-order valence-electron chi connectivity index (χ0n) is 9.81. The molecule has 1 atom stereocenters. The van der Waals surface area contributed by atoms with Gasteiger partial charge in [-0.1, -0.05) is 0 Å². The number of carboxylic acids is 1. The van der Waals surface area contributed by atoms with Crippen molar-refractivity contribution in [1.29, 1.82) is 0 Å². The minimum Gasteiger partial charge on any atom is -0.481 e. The summed E-state index contributed by atoms with van der Waals surface area (Å²) in [6.45, 7) is 0.